The van der Waals surface area contributed by atoms with E-state index in [9.17, 15) is 9.59 Å². The molecule has 208 valence electrons. The molecular weight excluding hydrogens is 549 g/mol. The van der Waals surface area contributed by atoms with E-state index in [1.165, 1.54) is 0 Å². The van der Waals surface area contributed by atoms with Gasteiger partial charge in [-0.15, -0.1) is 0 Å². The number of anilines is 2. The number of primary amides is 1. The van der Waals surface area contributed by atoms with E-state index in [4.69, 9.17) is 39.0 Å². The summed E-state index contributed by atoms with van der Waals surface area (Å²) in [6.07, 6.45) is 1.22. The second-order valence-electron chi connectivity index (χ2n) is 10.2. The molecule has 1 aliphatic rings. The lowest BCUT2D eigenvalue weighted by Crippen LogP contribution is -2.46. The fourth-order valence-electron chi connectivity index (χ4n) is 4.95. The molecule has 0 aliphatic carbocycles. The monoisotopic (exact) mass is 579 g/mol. The lowest BCUT2D eigenvalue weighted by atomic mass is 9.80. The number of likely N-dealkylation sites (N-methyl/N-ethyl adjacent to an activating group) is 1. The maximum Gasteiger partial charge on any atom is 0.239 e. The first-order valence-electron chi connectivity index (χ1n) is 13.2. The van der Waals surface area contributed by atoms with Gasteiger partial charge in [-0.05, 0) is 43.5 Å². The Kier molecular flexibility index (Phi) is 7.87. The van der Waals surface area contributed by atoms with Crippen molar-refractivity contribution in [3.8, 4) is 22.4 Å². The molecule has 0 spiro atoms. The number of nitrogens with zero attached hydrogens (tertiary/aromatic N) is 4. The number of piperidine rings is 1. The summed E-state index contributed by atoms with van der Waals surface area (Å²) < 4.78 is 1.81. The number of hydrogen-bond acceptors (Lipinski definition) is 6. The van der Waals surface area contributed by atoms with E-state index in [1.54, 1.807) is 0 Å². The highest BCUT2D eigenvalue weighted by molar-refractivity contribution is 6.33. The number of nitrogens with one attached hydrogen (secondary N) is 2. The van der Waals surface area contributed by atoms with E-state index in [0.29, 0.717) is 59.7 Å². The maximum absolute atomic E-state index is 12.2. The van der Waals surface area contributed by atoms with Crippen molar-refractivity contribution in [1.82, 2.24) is 19.9 Å². The highest BCUT2D eigenvalue weighted by atomic mass is 35.5. The van der Waals surface area contributed by atoms with Gasteiger partial charge in [0.25, 0.3) is 0 Å². The van der Waals surface area contributed by atoms with Crippen LogP contribution in [0.25, 0.3) is 28.0 Å². The normalized spacial score (nSPS) is 14.8. The second kappa shape index (κ2) is 11.3. The molecule has 5 rings (SSSR count). The first kappa shape index (κ1) is 27.7. The molecule has 4 aromatic rings. The lowest BCUT2D eigenvalue weighted by molar-refractivity contribution is -0.127. The SMILES string of the molecule is CCNC(=O)CNc1cc(N2CCC(C)(C(N)=O)CC2)n2nc(-c3ccccc3Cl)c(-c3ccc(Cl)cc3)c2n1. The van der Waals surface area contributed by atoms with Gasteiger partial charge in [-0.2, -0.15) is 9.61 Å². The van der Waals surface area contributed by atoms with Gasteiger partial charge in [-0.3, -0.25) is 9.59 Å². The van der Waals surface area contributed by atoms with E-state index in [2.05, 4.69) is 15.5 Å². The molecule has 2 amide bonds. The Morgan fingerprint density at radius 2 is 1.77 bits per heavy atom. The van der Waals surface area contributed by atoms with Gasteiger partial charge in [0.1, 0.15) is 17.3 Å². The predicted octanol–water partition coefficient (Wildman–Crippen LogP) is 5.01. The zero-order valence-electron chi connectivity index (χ0n) is 22.4. The van der Waals surface area contributed by atoms with E-state index < -0.39 is 5.41 Å². The molecule has 0 unspecified atom stereocenters. The maximum atomic E-state index is 12.2. The third-order valence-corrected chi connectivity index (χ3v) is 8.00. The van der Waals surface area contributed by atoms with Gasteiger partial charge in [0.05, 0.1) is 17.1 Å². The summed E-state index contributed by atoms with van der Waals surface area (Å²) in [6.45, 7) is 5.60. The molecule has 2 aromatic carbocycles. The Labute approximate surface area is 242 Å². The Balaban J connectivity index is 1.70. The van der Waals surface area contributed by atoms with Crippen LogP contribution >= 0.6 is 23.2 Å². The Bertz CT molecular complexity index is 1560. The van der Waals surface area contributed by atoms with Gasteiger partial charge >= 0.3 is 0 Å². The highest BCUT2D eigenvalue weighted by Gasteiger charge is 2.36. The van der Waals surface area contributed by atoms with Crippen LogP contribution in [-0.2, 0) is 9.59 Å². The number of halogens is 2. The molecular formula is C29H31Cl2N7O2. The average molecular weight is 581 g/mol. The molecule has 11 heteroatoms. The summed E-state index contributed by atoms with van der Waals surface area (Å²) in [5.74, 6) is 0.881. The van der Waals surface area contributed by atoms with Gasteiger partial charge in [-0.25, -0.2) is 4.98 Å². The van der Waals surface area contributed by atoms with Crippen molar-refractivity contribution in [2.24, 2.45) is 11.1 Å². The van der Waals surface area contributed by atoms with Crippen LogP contribution < -0.4 is 21.3 Å². The number of fused-ring (bicyclic) bond motifs is 1. The van der Waals surface area contributed by atoms with Gasteiger partial charge in [0.2, 0.25) is 11.8 Å². The molecule has 0 atom stereocenters. The first-order chi connectivity index (χ1) is 19.2. The molecule has 0 bridgehead atoms. The Morgan fingerprint density at radius 3 is 2.42 bits per heavy atom. The van der Waals surface area contributed by atoms with E-state index in [-0.39, 0.29) is 18.4 Å². The van der Waals surface area contributed by atoms with Crippen molar-refractivity contribution >= 4 is 52.3 Å². The number of carbonyl (C=O) groups is 2. The van der Waals surface area contributed by atoms with Crippen molar-refractivity contribution in [1.29, 1.82) is 0 Å². The minimum atomic E-state index is -0.566. The van der Waals surface area contributed by atoms with Crippen LogP contribution in [0.4, 0.5) is 11.6 Å². The van der Waals surface area contributed by atoms with Crippen LogP contribution in [-0.4, -0.2) is 52.6 Å². The summed E-state index contributed by atoms with van der Waals surface area (Å²) in [5.41, 5.74) is 8.83. The van der Waals surface area contributed by atoms with Crippen molar-refractivity contribution < 1.29 is 9.59 Å². The van der Waals surface area contributed by atoms with Crippen LogP contribution in [0.15, 0.2) is 54.6 Å². The molecule has 1 saturated heterocycles. The number of carbonyl (C=O) groups excluding carboxylic acids is 2. The number of hydrogen-bond donors (Lipinski definition) is 3. The van der Waals surface area contributed by atoms with Crippen LogP contribution in [0.1, 0.15) is 26.7 Å². The van der Waals surface area contributed by atoms with Crippen molar-refractivity contribution in [3.63, 3.8) is 0 Å². The molecule has 1 aliphatic heterocycles. The second-order valence-corrected chi connectivity index (χ2v) is 11.0. The van der Waals surface area contributed by atoms with Gasteiger partial charge < -0.3 is 21.3 Å². The highest BCUT2D eigenvalue weighted by Crippen LogP contribution is 2.40. The average Bonchev–Trinajstić information content (AvgIpc) is 3.32. The summed E-state index contributed by atoms with van der Waals surface area (Å²) in [7, 11) is 0. The molecule has 4 N–H and O–H groups in total. The van der Waals surface area contributed by atoms with Gasteiger partial charge in [0.15, 0.2) is 5.65 Å². The van der Waals surface area contributed by atoms with Crippen LogP contribution in [0.3, 0.4) is 0 Å². The molecule has 40 heavy (non-hydrogen) atoms. The summed E-state index contributed by atoms with van der Waals surface area (Å²) >= 11 is 12.9. The molecule has 0 radical (unpaired) electrons. The topological polar surface area (TPSA) is 118 Å². The Hall–Kier alpha value is -3.82. The zero-order chi connectivity index (χ0) is 28.4. The number of benzene rings is 2. The molecule has 9 nitrogen and oxygen atoms in total. The van der Waals surface area contributed by atoms with E-state index in [0.717, 1.165) is 22.5 Å². The number of rotatable bonds is 8. The Morgan fingerprint density at radius 1 is 1.07 bits per heavy atom. The third kappa shape index (κ3) is 5.44. The summed E-state index contributed by atoms with van der Waals surface area (Å²) in [5, 5.41) is 12.2. The van der Waals surface area contributed by atoms with Crippen LogP contribution in [0.5, 0.6) is 0 Å². The van der Waals surface area contributed by atoms with Crippen LogP contribution in [0.2, 0.25) is 10.0 Å². The zero-order valence-corrected chi connectivity index (χ0v) is 23.9. The summed E-state index contributed by atoms with van der Waals surface area (Å²) in [4.78, 5) is 31.5. The van der Waals surface area contributed by atoms with Crippen LogP contribution in [0, 0.1) is 5.41 Å². The minimum Gasteiger partial charge on any atom is -0.369 e. The molecule has 3 heterocycles. The number of nitrogens with two attached hydrogens (primary N) is 1. The first-order valence-corrected chi connectivity index (χ1v) is 14.0. The smallest absolute Gasteiger partial charge is 0.239 e. The summed E-state index contributed by atoms with van der Waals surface area (Å²) in [6, 6.07) is 16.9. The third-order valence-electron chi connectivity index (χ3n) is 7.42. The fourth-order valence-corrected chi connectivity index (χ4v) is 5.30. The van der Waals surface area contributed by atoms with E-state index >= 15 is 0 Å². The quantitative estimate of drug-likeness (QED) is 0.270. The van der Waals surface area contributed by atoms with E-state index in [1.807, 2.05) is 73.0 Å². The standard InChI is InChI=1S/C29H31Cl2N7O2/c1-3-33-23(39)17-34-22-16-24(37-14-12-29(2,13-15-37)28(32)40)38-27(35-22)25(18-8-10-19(30)11-9-18)26(36-38)20-6-4-5-7-21(20)31/h4-11,16H,3,12-15,17H2,1-2H3,(H2,32,40)(H,33,39)(H,34,35). The number of amides is 2. The molecule has 2 aromatic heterocycles. The van der Waals surface area contributed by atoms with Crippen molar-refractivity contribution in [2.45, 2.75) is 26.7 Å². The van der Waals surface area contributed by atoms with Crippen molar-refractivity contribution in [3.05, 3.63) is 64.6 Å². The lowest BCUT2D eigenvalue weighted by Gasteiger charge is -2.38. The molecule has 0 saturated carbocycles. The predicted molar refractivity (Wildman–Crippen MR) is 160 cm³/mol. The van der Waals surface area contributed by atoms with Gasteiger partial charge in [0, 0.05) is 41.7 Å². The van der Waals surface area contributed by atoms with Crippen molar-refractivity contribution in [2.75, 3.05) is 36.4 Å². The molecule has 1 fully saturated rings. The fraction of sp³-hybridized carbons (Fsp3) is 0.310. The largest absolute Gasteiger partial charge is 0.369 e. The minimum absolute atomic E-state index is 0.0674. The van der Waals surface area contributed by atoms with Gasteiger partial charge in [-0.1, -0.05) is 60.5 Å². The number of aromatic nitrogens is 3.